The molecule has 0 aliphatic carbocycles. The van der Waals surface area contributed by atoms with Crippen LogP contribution in [-0.4, -0.2) is 30.7 Å². The van der Waals surface area contributed by atoms with Crippen LogP contribution < -0.4 is 11.2 Å². The van der Waals surface area contributed by atoms with Gasteiger partial charge in [-0.25, -0.2) is 5.01 Å². The maximum absolute atomic E-state index is 5.51. The quantitative estimate of drug-likeness (QED) is 0.420. The molecule has 1 aliphatic heterocycles. The van der Waals surface area contributed by atoms with E-state index in [1.807, 2.05) is 7.05 Å². The molecular weight excluding hydrogens is 126 g/mol. The highest BCUT2D eigenvalue weighted by Gasteiger charge is 2.19. The Morgan fingerprint density at radius 3 is 2.70 bits per heavy atom. The summed E-state index contributed by atoms with van der Waals surface area (Å²) in [5.41, 5.74) is 0. The molecule has 0 saturated carbocycles. The molecule has 60 valence electrons. The Labute approximate surface area is 62.5 Å². The predicted octanol–water partition coefficient (Wildman–Crippen LogP) is -0.0676. The van der Waals surface area contributed by atoms with Crippen molar-refractivity contribution in [3.8, 4) is 0 Å². The highest BCUT2D eigenvalue weighted by atomic mass is 15.4. The molecule has 0 amide bonds. The lowest BCUT2D eigenvalue weighted by Crippen LogP contribution is -2.40. The van der Waals surface area contributed by atoms with E-state index in [-0.39, 0.29) is 0 Å². The molecule has 3 nitrogen and oxygen atoms in total. The topological polar surface area (TPSA) is 41.3 Å². The number of hydrazine groups is 1. The molecule has 1 saturated heterocycles. The van der Waals surface area contributed by atoms with E-state index in [2.05, 4.69) is 12.2 Å². The van der Waals surface area contributed by atoms with Crippen LogP contribution in [0.1, 0.15) is 19.8 Å². The van der Waals surface area contributed by atoms with Crippen molar-refractivity contribution < 1.29 is 0 Å². The lowest BCUT2D eigenvalue weighted by molar-refractivity contribution is 0.307. The molecule has 3 heteroatoms. The van der Waals surface area contributed by atoms with Crippen LogP contribution in [0, 0.1) is 0 Å². The van der Waals surface area contributed by atoms with Crippen molar-refractivity contribution in [1.82, 2.24) is 10.3 Å². The van der Waals surface area contributed by atoms with Crippen molar-refractivity contribution in [2.24, 2.45) is 5.84 Å². The summed E-state index contributed by atoms with van der Waals surface area (Å²) >= 11 is 0. The summed E-state index contributed by atoms with van der Waals surface area (Å²) in [5.74, 6) is 5.51. The summed E-state index contributed by atoms with van der Waals surface area (Å²) in [6.45, 7) is 3.18. The number of hydrogen-bond donors (Lipinski definition) is 2. The third-order valence-electron chi connectivity index (χ3n) is 1.98. The van der Waals surface area contributed by atoms with Gasteiger partial charge in [-0.1, -0.05) is 0 Å². The molecular formula is C7H17N3. The lowest BCUT2D eigenvalue weighted by atomic mass is 10.2. The third-order valence-corrected chi connectivity index (χ3v) is 1.98. The normalized spacial score (nSPS) is 33.6. The molecule has 2 unspecified atom stereocenters. The number of hydrogen-bond acceptors (Lipinski definition) is 3. The van der Waals surface area contributed by atoms with Gasteiger partial charge in [0.25, 0.3) is 0 Å². The Balaban J connectivity index is 2.18. The molecule has 3 N–H and O–H groups in total. The largest absolute Gasteiger partial charge is 0.310 e. The molecule has 1 heterocycles. The second-order valence-corrected chi connectivity index (χ2v) is 3.28. The summed E-state index contributed by atoms with van der Waals surface area (Å²) in [4.78, 5) is 0. The third kappa shape index (κ3) is 2.25. The van der Waals surface area contributed by atoms with Crippen molar-refractivity contribution >= 4 is 0 Å². The first kappa shape index (κ1) is 7.98. The predicted molar refractivity (Wildman–Crippen MR) is 42.4 cm³/mol. The molecule has 1 fully saturated rings. The van der Waals surface area contributed by atoms with Crippen LogP contribution in [0.2, 0.25) is 0 Å². The van der Waals surface area contributed by atoms with Crippen LogP contribution in [0.15, 0.2) is 0 Å². The zero-order valence-electron chi connectivity index (χ0n) is 6.80. The summed E-state index contributed by atoms with van der Waals surface area (Å²) in [6, 6.07) is 1.30. The van der Waals surface area contributed by atoms with Crippen LogP contribution in [0.25, 0.3) is 0 Å². The first-order valence-electron chi connectivity index (χ1n) is 3.90. The maximum Gasteiger partial charge on any atom is 0.0279 e. The summed E-state index contributed by atoms with van der Waals surface area (Å²) in [5, 5.41) is 5.21. The zero-order valence-corrected chi connectivity index (χ0v) is 6.80. The molecule has 0 bridgehead atoms. The number of nitrogens with one attached hydrogen (secondary N) is 1. The van der Waals surface area contributed by atoms with Gasteiger partial charge in [0.15, 0.2) is 0 Å². The SMILES string of the molecule is CC1CCC(CN(C)N)N1. The number of nitrogens with two attached hydrogens (primary N) is 1. The standard InChI is InChI=1S/C7H17N3/c1-6-3-4-7(9-6)5-10(2)8/h6-7,9H,3-5,8H2,1-2H3. The first-order chi connectivity index (χ1) is 4.68. The Kier molecular flexibility index (Phi) is 2.65. The van der Waals surface area contributed by atoms with E-state index in [0.717, 1.165) is 6.54 Å². The van der Waals surface area contributed by atoms with Crippen molar-refractivity contribution in [3.63, 3.8) is 0 Å². The Morgan fingerprint density at radius 1 is 1.60 bits per heavy atom. The van der Waals surface area contributed by atoms with Crippen molar-refractivity contribution in [2.75, 3.05) is 13.6 Å². The molecule has 1 rings (SSSR count). The fraction of sp³-hybridized carbons (Fsp3) is 1.00. The van der Waals surface area contributed by atoms with Crippen molar-refractivity contribution in [3.05, 3.63) is 0 Å². The second kappa shape index (κ2) is 3.32. The molecule has 0 spiro atoms. The van der Waals surface area contributed by atoms with E-state index in [9.17, 15) is 0 Å². The van der Waals surface area contributed by atoms with E-state index in [0.29, 0.717) is 12.1 Å². The van der Waals surface area contributed by atoms with Gasteiger partial charge in [0.2, 0.25) is 0 Å². The minimum Gasteiger partial charge on any atom is -0.310 e. The van der Waals surface area contributed by atoms with Gasteiger partial charge in [-0.05, 0) is 19.8 Å². The fourth-order valence-electron chi connectivity index (χ4n) is 1.51. The molecule has 0 aromatic rings. The van der Waals surface area contributed by atoms with Gasteiger partial charge in [0.05, 0.1) is 0 Å². The van der Waals surface area contributed by atoms with Gasteiger partial charge in [-0.2, -0.15) is 0 Å². The van der Waals surface area contributed by atoms with Crippen LogP contribution in [-0.2, 0) is 0 Å². The summed E-state index contributed by atoms with van der Waals surface area (Å²) < 4.78 is 0. The minimum absolute atomic E-state index is 0.616. The molecule has 10 heavy (non-hydrogen) atoms. The van der Waals surface area contributed by atoms with Crippen LogP contribution in [0.4, 0.5) is 0 Å². The summed E-state index contributed by atoms with van der Waals surface area (Å²) in [6.07, 6.45) is 2.56. The minimum atomic E-state index is 0.616. The maximum atomic E-state index is 5.51. The molecule has 0 aromatic carbocycles. The summed E-state index contributed by atoms with van der Waals surface area (Å²) in [7, 11) is 1.91. The number of nitrogens with zero attached hydrogens (tertiary/aromatic N) is 1. The van der Waals surface area contributed by atoms with E-state index >= 15 is 0 Å². The fourth-order valence-corrected chi connectivity index (χ4v) is 1.51. The van der Waals surface area contributed by atoms with Gasteiger partial charge in [0, 0.05) is 25.7 Å². The van der Waals surface area contributed by atoms with E-state index in [4.69, 9.17) is 5.84 Å². The van der Waals surface area contributed by atoms with Crippen molar-refractivity contribution in [2.45, 2.75) is 31.8 Å². The highest BCUT2D eigenvalue weighted by Crippen LogP contribution is 2.11. The van der Waals surface area contributed by atoms with E-state index < -0.39 is 0 Å². The number of likely N-dealkylation sites (N-methyl/N-ethyl adjacent to an activating group) is 1. The van der Waals surface area contributed by atoms with Gasteiger partial charge in [-0.15, -0.1) is 0 Å². The monoisotopic (exact) mass is 143 g/mol. The lowest BCUT2D eigenvalue weighted by Gasteiger charge is -2.16. The molecule has 0 aromatic heterocycles. The first-order valence-corrected chi connectivity index (χ1v) is 3.90. The molecule has 2 atom stereocenters. The average molecular weight is 143 g/mol. The van der Waals surface area contributed by atoms with Crippen LogP contribution >= 0.6 is 0 Å². The van der Waals surface area contributed by atoms with Gasteiger partial charge in [0.1, 0.15) is 0 Å². The van der Waals surface area contributed by atoms with Gasteiger partial charge >= 0.3 is 0 Å². The molecule has 0 radical (unpaired) electrons. The average Bonchev–Trinajstić information content (AvgIpc) is 2.13. The van der Waals surface area contributed by atoms with Gasteiger partial charge in [-0.3, -0.25) is 5.84 Å². The Bertz CT molecular complexity index is 103. The Morgan fingerprint density at radius 2 is 2.30 bits per heavy atom. The smallest absolute Gasteiger partial charge is 0.0279 e. The van der Waals surface area contributed by atoms with Crippen LogP contribution in [0.5, 0.6) is 0 Å². The highest BCUT2D eigenvalue weighted by molar-refractivity contribution is 4.81. The van der Waals surface area contributed by atoms with E-state index in [1.165, 1.54) is 12.8 Å². The molecule has 1 aliphatic rings. The van der Waals surface area contributed by atoms with Crippen molar-refractivity contribution in [1.29, 1.82) is 0 Å². The van der Waals surface area contributed by atoms with Crippen LogP contribution in [0.3, 0.4) is 0 Å². The number of rotatable bonds is 2. The zero-order chi connectivity index (χ0) is 7.56. The van der Waals surface area contributed by atoms with Gasteiger partial charge < -0.3 is 5.32 Å². The van der Waals surface area contributed by atoms with E-state index in [1.54, 1.807) is 5.01 Å². The Hall–Kier alpha value is -0.120. The second-order valence-electron chi connectivity index (χ2n) is 3.28.